The Bertz CT molecular complexity index is 1750. The lowest BCUT2D eigenvalue weighted by Gasteiger charge is -2.29. The predicted molar refractivity (Wildman–Crippen MR) is 142 cm³/mol. The van der Waals surface area contributed by atoms with Gasteiger partial charge < -0.3 is 24.6 Å². The fraction of sp³-hybridized carbons (Fsp3) is 0.321. The van der Waals surface area contributed by atoms with Gasteiger partial charge in [-0.05, 0) is 53.9 Å². The van der Waals surface area contributed by atoms with Gasteiger partial charge in [-0.1, -0.05) is 13.0 Å². The van der Waals surface area contributed by atoms with Crippen LogP contribution in [0.15, 0.2) is 36.5 Å². The first-order chi connectivity index (χ1) is 18.7. The minimum atomic E-state index is -1.17. The Balaban J connectivity index is 1.73. The van der Waals surface area contributed by atoms with Gasteiger partial charge in [0.1, 0.15) is 34.2 Å². The van der Waals surface area contributed by atoms with Gasteiger partial charge >= 0.3 is 6.01 Å². The van der Waals surface area contributed by atoms with Crippen LogP contribution < -0.4 is 9.64 Å². The maximum absolute atomic E-state index is 16.8. The standard InChI is InChI=1S/C28H27F2N5O4/c1-4-17-19(29)6-5-15-11-16(36)12-18(21(15)17)25-23(30)24-22(20-7-8-31-35(20)25)26(33-27(32-24)38-3)34-9-10-39-14-28(2,37)13-34/h5-8,11-12,36-37H,4,9-10,13-14H2,1-3H3. The van der Waals surface area contributed by atoms with Crippen LogP contribution >= 0.6 is 0 Å². The van der Waals surface area contributed by atoms with Crippen molar-refractivity contribution in [1.29, 1.82) is 0 Å². The smallest absolute Gasteiger partial charge is 0.318 e. The molecule has 1 aliphatic heterocycles. The molecule has 2 N–H and O–H groups in total. The van der Waals surface area contributed by atoms with E-state index in [0.717, 1.165) is 0 Å². The molecule has 0 bridgehead atoms. The van der Waals surface area contributed by atoms with Crippen LogP contribution in [0.1, 0.15) is 19.4 Å². The van der Waals surface area contributed by atoms with Crippen molar-refractivity contribution in [3.63, 3.8) is 0 Å². The zero-order valence-corrected chi connectivity index (χ0v) is 21.7. The van der Waals surface area contributed by atoms with E-state index >= 15 is 4.39 Å². The van der Waals surface area contributed by atoms with Crippen molar-refractivity contribution in [2.75, 3.05) is 38.3 Å². The second-order valence-corrected chi connectivity index (χ2v) is 9.99. The third-order valence-electron chi connectivity index (χ3n) is 7.09. The van der Waals surface area contributed by atoms with Gasteiger partial charge in [0.2, 0.25) is 0 Å². The maximum Gasteiger partial charge on any atom is 0.318 e. The highest BCUT2D eigenvalue weighted by molar-refractivity contribution is 6.07. The van der Waals surface area contributed by atoms with Crippen molar-refractivity contribution in [3.8, 4) is 23.0 Å². The highest BCUT2D eigenvalue weighted by Gasteiger charge is 2.32. The van der Waals surface area contributed by atoms with Crippen LogP contribution in [0.4, 0.5) is 14.6 Å². The van der Waals surface area contributed by atoms with Gasteiger partial charge in [0.15, 0.2) is 5.82 Å². The minimum Gasteiger partial charge on any atom is -0.508 e. The number of nitrogens with zero attached hydrogens (tertiary/aromatic N) is 5. The summed E-state index contributed by atoms with van der Waals surface area (Å²) >= 11 is 0. The Morgan fingerprint density at radius 2 is 1.97 bits per heavy atom. The molecule has 39 heavy (non-hydrogen) atoms. The molecule has 6 rings (SSSR count). The average Bonchev–Trinajstić information content (AvgIpc) is 3.31. The van der Waals surface area contributed by atoms with E-state index < -0.39 is 17.2 Å². The molecule has 0 amide bonds. The number of anilines is 1. The van der Waals surface area contributed by atoms with E-state index in [1.807, 2.05) is 11.8 Å². The van der Waals surface area contributed by atoms with Gasteiger partial charge in [0.25, 0.3) is 0 Å². The summed E-state index contributed by atoms with van der Waals surface area (Å²) in [6, 6.07) is 7.49. The second kappa shape index (κ2) is 9.28. The maximum atomic E-state index is 16.8. The number of fused-ring (bicyclic) bond motifs is 4. The number of aryl methyl sites for hydroxylation is 1. The summed E-state index contributed by atoms with van der Waals surface area (Å²) in [5, 5.41) is 27.2. The fourth-order valence-corrected chi connectivity index (χ4v) is 5.47. The number of β-amino-alcohol motifs (C(OH)–C–C–N with tert-alkyl or cyclic N) is 1. The minimum absolute atomic E-state index is 0.0154. The molecule has 0 saturated carbocycles. The third-order valence-corrected chi connectivity index (χ3v) is 7.09. The van der Waals surface area contributed by atoms with E-state index in [1.165, 1.54) is 36.0 Å². The van der Waals surface area contributed by atoms with Crippen LogP contribution in [0, 0.1) is 11.6 Å². The number of ether oxygens (including phenoxy) is 2. The fourth-order valence-electron chi connectivity index (χ4n) is 5.47. The molecule has 1 atom stereocenters. The van der Waals surface area contributed by atoms with Crippen LogP contribution in [-0.4, -0.2) is 68.8 Å². The Kier molecular flexibility index (Phi) is 6.00. The number of hydrogen-bond donors (Lipinski definition) is 2. The summed E-state index contributed by atoms with van der Waals surface area (Å²) in [7, 11) is 1.39. The molecule has 3 aromatic heterocycles. The van der Waals surface area contributed by atoms with Crippen LogP contribution in [0.25, 0.3) is 38.4 Å². The lowest BCUT2D eigenvalue weighted by Crippen LogP contribution is -2.42. The molecule has 1 aliphatic rings. The van der Waals surface area contributed by atoms with Crippen molar-refractivity contribution in [1.82, 2.24) is 19.6 Å². The Morgan fingerprint density at radius 1 is 1.15 bits per heavy atom. The summed E-state index contributed by atoms with van der Waals surface area (Å²) in [4.78, 5) is 10.8. The first-order valence-corrected chi connectivity index (χ1v) is 12.6. The van der Waals surface area contributed by atoms with Crippen molar-refractivity contribution in [2.45, 2.75) is 25.9 Å². The van der Waals surface area contributed by atoms with Gasteiger partial charge in [0.05, 0.1) is 44.0 Å². The first-order valence-electron chi connectivity index (χ1n) is 12.6. The molecule has 1 fully saturated rings. The molecular formula is C28H27F2N5O4. The number of aromatic nitrogens is 4. The molecule has 9 nitrogen and oxygen atoms in total. The number of rotatable bonds is 4. The second-order valence-electron chi connectivity index (χ2n) is 9.99. The zero-order valence-electron chi connectivity index (χ0n) is 21.7. The van der Waals surface area contributed by atoms with Crippen LogP contribution in [0.5, 0.6) is 11.8 Å². The van der Waals surface area contributed by atoms with Crippen molar-refractivity contribution >= 4 is 33.0 Å². The van der Waals surface area contributed by atoms with Crippen LogP contribution in [0.2, 0.25) is 0 Å². The summed E-state index contributed by atoms with van der Waals surface area (Å²) in [6.07, 6.45) is 1.88. The molecule has 1 unspecified atom stereocenters. The summed E-state index contributed by atoms with van der Waals surface area (Å²) in [5.41, 5.74) is -0.0151. The van der Waals surface area contributed by atoms with E-state index in [4.69, 9.17) is 9.47 Å². The van der Waals surface area contributed by atoms with E-state index in [-0.39, 0.29) is 41.7 Å². The number of halogens is 2. The third kappa shape index (κ3) is 4.09. The average molecular weight is 536 g/mol. The molecule has 2 aromatic carbocycles. The van der Waals surface area contributed by atoms with Gasteiger partial charge in [0, 0.05) is 12.1 Å². The van der Waals surface area contributed by atoms with E-state index in [2.05, 4.69) is 15.1 Å². The number of aromatic hydroxyl groups is 1. The lowest BCUT2D eigenvalue weighted by atomic mass is 9.94. The quantitative estimate of drug-likeness (QED) is 0.352. The zero-order chi connectivity index (χ0) is 27.5. The monoisotopic (exact) mass is 535 g/mol. The Morgan fingerprint density at radius 3 is 2.74 bits per heavy atom. The number of phenols is 1. The molecule has 0 spiro atoms. The van der Waals surface area contributed by atoms with Crippen molar-refractivity contribution in [3.05, 3.63) is 53.7 Å². The van der Waals surface area contributed by atoms with Crippen molar-refractivity contribution < 1.29 is 28.5 Å². The molecule has 0 radical (unpaired) electrons. The Hall–Kier alpha value is -4.09. The predicted octanol–water partition coefficient (Wildman–Crippen LogP) is 4.24. The number of pyridine rings is 1. The molecule has 11 heteroatoms. The topological polar surface area (TPSA) is 105 Å². The Labute approximate surface area is 222 Å². The van der Waals surface area contributed by atoms with E-state index in [9.17, 15) is 14.6 Å². The molecular weight excluding hydrogens is 508 g/mol. The number of aliphatic hydroxyl groups is 1. The number of hydrogen-bond acceptors (Lipinski definition) is 8. The molecule has 5 aromatic rings. The first kappa shape index (κ1) is 25.2. The largest absolute Gasteiger partial charge is 0.508 e. The summed E-state index contributed by atoms with van der Waals surface area (Å²) < 4.78 is 44.0. The van der Waals surface area contributed by atoms with Gasteiger partial charge in [-0.25, -0.2) is 13.3 Å². The normalized spacial score (nSPS) is 18.3. The van der Waals surface area contributed by atoms with Gasteiger partial charge in [-0.15, -0.1) is 0 Å². The highest BCUT2D eigenvalue weighted by Crippen LogP contribution is 2.41. The lowest BCUT2D eigenvalue weighted by molar-refractivity contribution is -0.0123. The number of benzene rings is 2. The number of phenolic OH excluding ortho intramolecular Hbond substituents is 1. The molecule has 202 valence electrons. The van der Waals surface area contributed by atoms with Crippen molar-refractivity contribution in [2.24, 2.45) is 0 Å². The molecule has 4 heterocycles. The van der Waals surface area contributed by atoms with Crippen LogP contribution in [-0.2, 0) is 11.2 Å². The highest BCUT2D eigenvalue weighted by atomic mass is 19.1. The number of methoxy groups -OCH3 is 1. The van der Waals surface area contributed by atoms with Gasteiger partial charge in [-0.2, -0.15) is 15.1 Å². The summed E-state index contributed by atoms with van der Waals surface area (Å²) in [5.74, 6) is -0.894. The SMILES string of the molecule is CCc1c(F)ccc2cc(O)cc(-c3c(F)c4nc(OC)nc(N5CCOCC(C)(O)C5)c4c4ccnn34)c12. The van der Waals surface area contributed by atoms with Crippen LogP contribution in [0.3, 0.4) is 0 Å². The van der Waals surface area contributed by atoms with Gasteiger partial charge in [-0.3, -0.25) is 0 Å². The van der Waals surface area contributed by atoms with E-state index in [1.54, 1.807) is 19.1 Å². The molecule has 1 saturated heterocycles. The van der Waals surface area contributed by atoms with E-state index in [0.29, 0.717) is 52.6 Å². The summed E-state index contributed by atoms with van der Waals surface area (Å²) in [6.45, 7) is 4.54. The molecule has 0 aliphatic carbocycles.